The van der Waals surface area contributed by atoms with E-state index < -0.39 is 17.4 Å². The summed E-state index contributed by atoms with van der Waals surface area (Å²) in [6.45, 7) is -1.06. The summed E-state index contributed by atoms with van der Waals surface area (Å²) in [6, 6.07) is 11.9. The zero-order valence-electron chi connectivity index (χ0n) is 11.8. The van der Waals surface area contributed by atoms with Crippen LogP contribution in [-0.4, -0.2) is 10.8 Å². The first-order valence-corrected chi connectivity index (χ1v) is 8.00. The summed E-state index contributed by atoms with van der Waals surface area (Å²) < 4.78 is 53.6. The quantitative estimate of drug-likeness (QED) is 0.784. The van der Waals surface area contributed by atoms with Gasteiger partial charge < -0.3 is 4.74 Å². The van der Waals surface area contributed by atoms with E-state index in [4.69, 9.17) is 0 Å². The van der Waals surface area contributed by atoms with Crippen LogP contribution in [0.4, 0.5) is 13.2 Å². The third kappa shape index (κ3) is 4.59. The van der Waals surface area contributed by atoms with Gasteiger partial charge in [-0.15, -0.1) is 0 Å². The summed E-state index contributed by atoms with van der Waals surface area (Å²) in [5.41, 5.74) is 1.55. The van der Waals surface area contributed by atoms with Gasteiger partial charge in [0.05, 0.1) is 5.25 Å². The molecule has 0 saturated carbocycles. The van der Waals surface area contributed by atoms with Crippen LogP contribution in [0, 0.1) is 5.82 Å². The van der Waals surface area contributed by atoms with Crippen LogP contribution in [-0.2, 0) is 16.6 Å². The molecule has 2 unspecified atom stereocenters. The van der Waals surface area contributed by atoms with Crippen molar-refractivity contribution in [1.82, 2.24) is 0 Å². The van der Waals surface area contributed by atoms with Crippen molar-refractivity contribution in [2.24, 2.45) is 0 Å². The van der Waals surface area contributed by atoms with Gasteiger partial charge in [0, 0.05) is 16.6 Å². The molecule has 118 valence electrons. The Hall–Kier alpha value is -1.82. The first-order valence-electron chi connectivity index (χ1n) is 6.62. The van der Waals surface area contributed by atoms with Crippen LogP contribution in [0.2, 0.25) is 0 Å². The molecule has 2 aromatic carbocycles. The summed E-state index contributed by atoms with van der Waals surface area (Å²) in [4.78, 5) is 0. The molecule has 0 aliphatic heterocycles. The molecule has 0 aromatic heterocycles. The molecule has 2 nitrogen and oxygen atoms in total. The van der Waals surface area contributed by atoms with E-state index in [2.05, 4.69) is 4.74 Å². The van der Waals surface area contributed by atoms with Gasteiger partial charge in [-0.05, 0) is 42.3 Å². The monoisotopic (exact) mass is 328 g/mol. The number of hydrogen-bond acceptors (Lipinski definition) is 2. The van der Waals surface area contributed by atoms with E-state index in [-0.39, 0.29) is 22.6 Å². The van der Waals surface area contributed by atoms with Crippen molar-refractivity contribution in [3.05, 3.63) is 65.5 Å². The lowest BCUT2D eigenvalue weighted by Gasteiger charge is -2.12. The van der Waals surface area contributed by atoms with Crippen molar-refractivity contribution < 1.29 is 22.1 Å². The highest BCUT2D eigenvalue weighted by Crippen LogP contribution is 2.23. The van der Waals surface area contributed by atoms with Crippen LogP contribution in [0.25, 0.3) is 0 Å². The highest BCUT2D eigenvalue weighted by atomic mass is 32.2. The second-order valence-corrected chi connectivity index (χ2v) is 6.50. The Kier molecular flexibility index (Phi) is 5.60. The summed E-state index contributed by atoms with van der Waals surface area (Å²) in [5, 5.41) is -0.252. The molecule has 0 saturated heterocycles. The maximum atomic E-state index is 12.9. The molecule has 0 spiro atoms. The molecule has 2 aromatic rings. The molecular formula is C16H15F3O2S. The molecule has 22 heavy (non-hydrogen) atoms. The zero-order valence-corrected chi connectivity index (χ0v) is 12.7. The Bertz CT molecular complexity index is 627. The number of rotatable bonds is 6. The lowest BCUT2D eigenvalue weighted by Crippen LogP contribution is -2.06. The fraction of sp³-hybridized carbons (Fsp3) is 0.250. The molecule has 6 heteroatoms. The van der Waals surface area contributed by atoms with Gasteiger partial charge in [0.15, 0.2) is 0 Å². The average Bonchev–Trinajstić information content (AvgIpc) is 2.49. The zero-order chi connectivity index (χ0) is 16.1. The van der Waals surface area contributed by atoms with Gasteiger partial charge in [-0.3, -0.25) is 4.21 Å². The Morgan fingerprint density at radius 1 is 1.05 bits per heavy atom. The Balaban J connectivity index is 2.00. The third-order valence-corrected chi connectivity index (χ3v) is 4.87. The molecule has 0 fully saturated rings. The SMILES string of the molecule is CC(c1ccc(F)cc1)S(=O)Cc1ccc(OC(F)F)cc1. The van der Waals surface area contributed by atoms with Gasteiger partial charge in [-0.1, -0.05) is 24.3 Å². The van der Waals surface area contributed by atoms with E-state index in [0.29, 0.717) is 0 Å². The number of ether oxygens (including phenoxy) is 1. The van der Waals surface area contributed by atoms with Crippen molar-refractivity contribution >= 4 is 10.8 Å². The van der Waals surface area contributed by atoms with E-state index in [0.717, 1.165) is 11.1 Å². The smallest absolute Gasteiger partial charge is 0.387 e. The second kappa shape index (κ2) is 7.45. The van der Waals surface area contributed by atoms with Gasteiger partial charge in [0.25, 0.3) is 0 Å². The molecule has 0 N–H and O–H groups in total. The Morgan fingerprint density at radius 2 is 1.64 bits per heavy atom. The Morgan fingerprint density at radius 3 is 2.18 bits per heavy atom. The topological polar surface area (TPSA) is 26.3 Å². The van der Waals surface area contributed by atoms with Crippen molar-refractivity contribution in [1.29, 1.82) is 0 Å². The highest BCUT2D eigenvalue weighted by molar-refractivity contribution is 7.84. The Labute approximate surface area is 129 Å². The molecule has 0 aliphatic rings. The minimum Gasteiger partial charge on any atom is -0.435 e. The van der Waals surface area contributed by atoms with E-state index in [9.17, 15) is 17.4 Å². The molecular weight excluding hydrogens is 313 g/mol. The molecule has 0 amide bonds. The average molecular weight is 328 g/mol. The first-order chi connectivity index (χ1) is 10.5. The predicted octanol–water partition coefficient (Wildman–Crippen LogP) is 4.44. The maximum Gasteiger partial charge on any atom is 0.387 e. The summed E-state index contributed by atoms with van der Waals surface area (Å²) >= 11 is 0. The second-order valence-electron chi connectivity index (χ2n) is 4.74. The fourth-order valence-electron chi connectivity index (χ4n) is 1.94. The van der Waals surface area contributed by atoms with Crippen LogP contribution in [0.15, 0.2) is 48.5 Å². The molecule has 0 radical (unpaired) electrons. The summed E-state index contributed by atoms with van der Waals surface area (Å²) in [7, 11) is -1.20. The number of hydrogen-bond donors (Lipinski definition) is 0. The van der Waals surface area contributed by atoms with Crippen LogP contribution < -0.4 is 4.74 Å². The lowest BCUT2D eigenvalue weighted by atomic mass is 10.2. The summed E-state index contributed by atoms with van der Waals surface area (Å²) in [5.74, 6) is 0.0144. The van der Waals surface area contributed by atoms with Gasteiger partial charge in [-0.25, -0.2) is 4.39 Å². The van der Waals surface area contributed by atoms with Crippen LogP contribution in [0.1, 0.15) is 23.3 Å². The van der Waals surface area contributed by atoms with Crippen LogP contribution in [0.3, 0.4) is 0 Å². The normalized spacial score (nSPS) is 13.9. The molecule has 2 atom stereocenters. The third-order valence-electron chi connectivity index (χ3n) is 3.19. The predicted molar refractivity (Wildman–Crippen MR) is 79.7 cm³/mol. The van der Waals surface area contributed by atoms with Crippen molar-refractivity contribution in [3.63, 3.8) is 0 Å². The van der Waals surface area contributed by atoms with Gasteiger partial charge in [-0.2, -0.15) is 8.78 Å². The van der Waals surface area contributed by atoms with E-state index >= 15 is 0 Å². The molecule has 0 heterocycles. The largest absolute Gasteiger partial charge is 0.435 e. The van der Waals surface area contributed by atoms with Gasteiger partial charge in [0.2, 0.25) is 0 Å². The minimum atomic E-state index is -2.86. The summed E-state index contributed by atoms with van der Waals surface area (Å²) in [6.07, 6.45) is 0. The number of alkyl halides is 2. The van der Waals surface area contributed by atoms with E-state index in [1.165, 1.54) is 24.3 Å². The molecule has 2 rings (SSSR count). The lowest BCUT2D eigenvalue weighted by molar-refractivity contribution is -0.0498. The van der Waals surface area contributed by atoms with Crippen LogP contribution >= 0.6 is 0 Å². The van der Waals surface area contributed by atoms with E-state index in [1.54, 1.807) is 31.2 Å². The van der Waals surface area contributed by atoms with Crippen molar-refractivity contribution in [2.45, 2.75) is 24.5 Å². The number of benzene rings is 2. The van der Waals surface area contributed by atoms with Crippen LogP contribution in [0.5, 0.6) is 5.75 Å². The maximum absolute atomic E-state index is 12.9. The number of halogens is 3. The molecule has 0 aliphatic carbocycles. The fourth-order valence-corrected chi connectivity index (χ4v) is 3.17. The van der Waals surface area contributed by atoms with E-state index in [1.807, 2.05) is 0 Å². The highest BCUT2D eigenvalue weighted by Gasteiger charge is 2.14. The van der Waals surface area contributed by atoms with Crippen molar-refractivity contribution in [2.75, 3.05) is 0 Å². The first kappa shape index (κ1) is 16.5. The molecule has 0 bridgehead atoms. The van der Waals surface area contributed by atoms with Gasteiger partial charge in [0.1, 0.15) is 11.6 Å². The van der Waals surface area contributed by atoms with Gasteiger partial charge >= 0.3 is 6.61 Å². The van der Waals surface area contributed by atoms with Crippen molar-refractivity contribution in [3.8, 4) is 5.75 Å². The standard InChI is InChI=1S/C16H15F3O2S/c1-11(13-4-6-14(17)7-5-13)22(20)10-12-2-8-15(9-3-12)21-16(18)19/h2-9,11,16H,10H2,1H3. The minimum absolute atomic E-state index is 0.0658.